The van der Waals surface area contributed by atoms with Gasteiger partial charge in [0.1, 0.15) is 0 Å². The molecule has 2 fully saturated rings. The quantitative estimate of drug-likeness (QED) is 0.850. The highest BCUT2D eigenvalue weighted by Gasteiger charge is 2.28. The molecule has 1 N–H and O–H groups in total. The molecule has 0 bridgehead atoms. The minimum atomic E-state index is 0.286. The molecule has 2 heterocycles. The largest absolute Gasteiger partial charge is 0.325 e. The Balaban J connectivity index is 1.75. The molecule has 1 atom stereocenters. The van der Waals surface area contributed by atoms with Crippen LogP contribution < -0.4 is 5.32 Å². The van der Waals surface area contributed by atoms with Crippen LogP contribution in [0.4, 0.5) is 4.79 Å². The van der Waals surface area contributed by atoms with Crippen LogP contribution in [0.1, 0.15) is 39.5 Å². The Morgan fingerprint density at radius 2 is 1.89 bits per heavy atom. The van der Waals surface area contributed by atoms with Crippen LogP contribution in [0.15, 0.2) is 0 Å². The van der Waals surface area contributed by atoms with Gasteiger partial charge in [-0.15, -0.1) is 0 Å². The summed E-state index contributed by atoms with van der Waals surface area (Å²) < 4.78 is 0. The van der Waals surface area contributed by atoms with Gasteiger partial charge in [0.15, 0.2) is 0 Å². The van der Waals surface area contributed by atoms with Gasteiger partial charge in [-0.05, 0) is 50.6 Å². The predicted octanol–water partition coefficient (Wildman–Crippen LogP) is 2.16. The second kappa shape index (κ2) is 7.13. The lowest BCUT2D eigenvalue weighted by atomic mass is 9.96. The Labute approximate surface area is 117 Å². The zero-order valence-electron chi connectivity index (χ0n) is 12.5. The summed E-state index contributed by atoms with van der Waals surface area (Å²) >= 11 is 0. The third-order valence-corrected chi connectivity index (χ3v) is 4.50. The fourth-order valence-electron chi connectivity index (χ4n) is 3.24. The number of likely N-dealkylation sites (tertiary alicyclic amines) is 2. The molecule has 19 heavy (non-hydrogen) atoms. The third-order valence-electron chi connectivity index (χ3n) is 4.50. The number of carbonyl (C=O) groups excluding carboxylic acids is 1. The number of piperidine rings is 2. The summed E-state index contributed by atoms with van der Waals surface area (Å²) in [6, 6.07) is 0.286. The minimum Gasteiger partial charge on any atom is -0.325 e. The van der Waals surface area contributed by atoms with E-state index in [2.05, 4.69) is 29.0 Å². The summed E-state index contributed by atoms with van der Waals surface area (Å²) in [5, 5.41) is 3.42. The Hall–Kier alpha value is -0.770. The molecule has 0 aliphatic carbocycles. The molecule has 110 valence electrons. The normalized spacial score (nSPS) is 25.7. The maximum atomic E-state index is 12.5. The molecule has 0 aromatic rings. The highest BCUT2D eigenvalue weighted by molar-refractivity contribution is 5.74. The molecule has 4 heteroatoms. The van der Waals surface area contributed by atoms with Crippen molar-refractivity contribution in [2.45, 2.75) is 39.5 Å². The van der Waals surface area contributed by atoms with Crippen LogP contribution in [-0.2, 0) is 0 Å². The van der Waals surface area contributed by atoms with Crippen molar-refractivity contribution in [2.75, 3.05) is 39.3 Å². The van der Waals surface area contributed by atoms with E-state index in [1.165, 1.54) is 12.8 Å². The van der Waals surface area contributed by atoms with E-state index < -0.39 is 0 Å². The maximum absolute atomic E-state index is 12.5. The first-order chi connectivity index (χ1) is 9.20. The third kappa shape index (κ3) is 4.10. The Morgan fingerprint density at radius 3 is 2.53 bits per heavy atom. The van der Waals surface area contributed by atoms with Crippen molar-refractivity contribution in [1.29, 1.82) is 0 Å². The number of amides is 2. The summed E-state index contributed by atoms with van der Waals surface area (Å²) in [7, 11) is 0. The van der Waals surface area contributed by atoms with Crippen molar-refractivity contribution < 1.29 is 4.79 Å². The minimum absolute atomic E-state index is 0.286. The average Bonchev–Trinajstić information content (AvgIpc) is 2.45. The van der Waals surface area contributed by atoms with Crippen molar-refractivity contribution in [2.24, 2.45) is 11.8 Å². The standard InChI is InChI=1S/C15H29N3O/c1-3-16-11-14-6-9-17(10-7-14)15(19)18-8-4-5-13(2)12-18/h13-14,16H,3-12H2,1-2H3. The van der Waals surface area contributed by atoms with Crippen molar-refractivity contribution in [3.05, 3.63) is 0 Å². The van der Waals surface area contributed by atoms with Gasteiger partial charge in [0.25, 0.3) is 0 Å². The summed E-state index contributed by atoms with van der Waals surface area (Å²) in [6.07, 6.45) is 4.75. The first-order valence-corrected chi connectivity index (χ1v) is 7.95. The topological polar surface area (TPSA) is 35.6 Å². The Morgan fingerprint density at radius 1 is 1.16 bits per heavy atom. The SMILES string of the molecule is CCNCC1CCN(C(=O)N2CCCC(C)C2)CC1. The molecule has 0 spiro atoms. The van der Waals surface area contributed by atoms with E-state index in [-0.39, 0.29) is 6.03 Å². The first kappa shape index (κ1) is 14.6. The number of carbonyl (C=O) groups is 1. The van der Waals surface area contributed by atoms with E-state index in [4.69, 9.17) is 0 Å². The van der Waals surface area contributed by atoms with Crippen molar-refractivity contribution in [1.82, 2.24) is 15.1 Å². The van der Waals surface area contributed by atoms with Gasteiger partial charge in [0, 0.05) is 26.2 Å². The van der Waals surface area contributed by atoms with E-state index >= 15 is 0 Å². The molecule has 2 saturated heterocycles. The molecule has 2 aliphatic heterocycles. The van der Waals surface area contributed by atoms with E-state index in [1.54, 1.807) is 0 Å². The van der Waals surface area contributed by atoms with E-state index in [0.29, 0.717) is 5.92 Å². The van der Waals surface area contributed by atoms with Gasteiger partial charge in [-0.25, -0.2) is 4.79 Å². The number of urea groups is 1. The van der Waals surface area contributed by atoms with E-state index in [1.807, 2.05) is 0 Å². The van der Waals surface area contributed by atoms with Crippen molar-refractivity contribution in [3.63, 3.8) is 0 Å². The van der Waals surface area contributed by atoms with E-state index in [9.17, 15) is 4.79 Å². The smallest absolute Gasteiger partial charge is 0.320 e. The van der Waals surface area contributed by atoms with Crippen LogP contribution >= 0.6 is 0 Å². The number of rotatable bonds is 3. The molecule has 0 radical (unpaired) electrons. The molecule has 4 nitrogen and oxygen atoms in total. The highest BCUT2D eigenvalue weighted by atomic mass is 16.2. The monoisotopic (exact) mass is 267 g/mol. The van der Waals surface area contributed by atoms with Crippen LogP contribution in [0, 0.1) is 11.8 Å². The van der Waals surface area contributed by atoms with Crippen molar-refractivity contribution >= 4 is 6.03 Å². The molecular formula is C15H29N3O. The van der Waals surface area contributed by atoms with Gasteiger partial charge < -0.3 is 15.1 Å². The molecule has 0 aromatic carbocycles. The Kier molecular flexibility index (Phi) is 5.49. The number of hydrogen-bond acceptors (Lipinski definition) is 2. The second-order valence-electron chi connectivity index (χ2n) is 6.21. The fourth-order valence-corrected chi connectivity index (χ4v) is 3.24. The zero-order chi connectivity index (χ0) is 13.7. The van der Waals surface area contributed by atoms with Gasteiger partial charge in [-0.1, -0.05) is 13.8 Å². The second-order valence-corrected chi connectivity index (χ2v) is 6.21. The van der Waals surface area contributed by atoms with Crippen LogP contribution in [0.25, 0.3) is 0 Å². The lowest BCUT2D eigenvalue weighted by molar-refractivity contribution is 0.115. The predicted molar refractivity (Wildman–Crippen MR) is 78.2 cm³/mol. The van der Waals surface area contributed by atoms with Gasteiger partial charge in [0.2, 0.25) is 0 Å². The van der Waals surface area contributed by atoms with Crippen LogP contribution in [-0.4, -0.2) is 55.1 Å². The van der Waals surface area contributed by atoms with Gasteiger partial charge in [-0.2, -0.15) is 0 Å². The summed E-state index contributed by atoms with van der Waals surface area (Å²) in [4.78, 5) is 16.6. The molecule has 2 rings (SSSR count). The highest BCUT2D eigenvalue weighted by Crippen LogP contribution is 2.21. The molecular weight excluding hydrogens is 238 g/mol. The van der Waals surface area contributed by atoms with Gasteiger partial charge in [0.05, 0.1) is 0 Å². The summed E-state index contributed by atoms with van der Waals surface area (Å²) in [5.74, 6) is 1.42. The van der Waals surface area contributed by atoms with Crippen LogP contribution in [0.5, 0.6) is 0 Å². The zero-order valence-corrected chi connectivity index (χ0v) is 12.5. The summed E-state index contributed by atoms with van der Waals surface area (Å²) in [5.41, 5.74) is 0. The Bertz CT molecular complexity index is 287. The first-order valence-electron chi connectivity index (χ1n) is 7.95. The van der Waals surface area contributed by atoms with Crippen LogP contribution in [0.3, 0.4) is 0 Å². The molecule has 0 saturated carbocycles. The molecule has 2 amide bonds. The molecule has 0 aromatic heterocycles. The van der Waals surface area contributed by atoms with Crippen LogP contribution in [0.2, 0.25) is 0 Å². The summed E-state index contributed by atoms with van der Waals surface area (Å²) in [6.45, 7) is 10.4. The lowest BCUT2D eigenvalue weighted by Crippen LogP contribution is -2.50. The van der Waals surface area contributed by atoms with E-state index in [0.717, 1.165) is 58.0 Å². The average molecular weight is 267 g/mol. The maximum Gasteiger partial charge on any atom is 0.320 e. The van der Waals surface area contributed by atoms with Gasteiger partial charge >= 0.3 is 6.03 Å². The number of nitrogens with zero attached hydrogens (tertiary/aromatic N) is 2. The fraction of sp³-hybridized carbons (Fsp3) is 0.933. The molecule has 2 aliphatic rings. The van der Waals surface area contributed by atoms with Crippen molar-refractivity contribution in [3.8, 4) is 0 Å². The molecule has 1 unspecified atom stereocenters. The van der Waals surface area contributed by atoms with Gasteiger partial charge in [-0.3, -0.25) is 0 Å². The number of hydrogen-bond donors (Lipinski definition) is 1. The number of nitrogens with one attached hydrogen (secondary N) is 1. The lowest BCUT2D eigenvalue weighted by Gasteiger charge is -2.38.